The first-order valence-electron chi connectivity index (χ1n) is 5.51. The summed E-state index contributed by atoms with van der Waals surface area (Å²) in [7, 11) is 0. The molecule has 0 bridgehead atoms. The minimum atomic E-state index is -0.491. The highest BCUT2D eigenvalue weighted by Gasteiger charge is 2.32. The van der Waals surface area contributed by atoms with E-state index in [2.05, 4.69) is 12.6 Å². The van der Waals surface area contributed by atoms with E-state index in [-0.39, 0.29) is 17.3 Å². The van der Waals surface area contributed by atoms with E-state index in [1.807, 2.05) is 20.8 Å². The Kier molecular flexibility index (Phi) is 4.24. The summed E-state index contributed by atoms with van der Waals surface area (Å²) in [6, 6.07) is -0.0418. The molecule has 1 aliphatic heterocycles. The van der Waals surface area contributed by atoms with Crippen molar-refractivity contribution in [2.24, 2.45) is 0 Å². The van der Waals surface area contributed by atoms with E-state index >= 15 is 0 Å². The minimum Gasteiger partial charge on any atom is -0.444 e. The average Bonchev–Trinajstić information content (AvgIpc) is 2.47. The van der Waals surface area contributed by atoms with Gasteiger partial charge in [-0.2, -0.15) is 0 Å². The summed E-state index contributed by atoms with van der Waals surface area (Å²) in [5, 5.41) is -0.180. The van der Waals surface area contributed by atoms with Crippen molar-refractivity contribution in [2.75, 3.05) is 6.54 Å². The summed E-state index contributed by atoms with van der Waals surface area (Å²) in [4.78, 5) is 24.4. The van der Waals surface area contributed by atoms with Crippen LogP contribution in [0, 0.1) is 0 Å². The predicted octanol–water partition coefficient (Wildman–Crippen LogP) is 2.23. The number of amides is 1. The highest BCUT2D eigenvalue weighted by molar-refractivity contribution is 7.96. The van der Waals surface area contributed by atoms with Crippen molar-refractivity contribution < 1.29 is 14.3 Å². The molecule has 1 rings (SSSR count). The van der Waals surface area contributed by atoms with Crippen molar-refractivity contribution >= 4 is 23.8 Å². The topological polar surface area (TPSA) is 46.6 Å². The SMILES string of the molecule is CC(C)(C)OC(=O)N1CCCC1CC(=O)S. The molecule has 0 aromatic rings. The molecule has 1 heterocycles. The van der Waals surface area contributed by atoms with Crippen molar-refractivity contribution in [1.82, 2.24) is 4.90 Å². The van der Waals surface area contributed by atoms with Crippen LogP contribution in [0.2, 0.25) is 0 Å². The van der Waals surface area contributed by atoms with Gasteiger partial charge < -0.3 is 9.64 Å². The fourth-order valence-corrected chi connectivity index (χ4v) is 2.02. The molecule has 0 aromatic carbocycles. The number of thiol groups is 1. The second-order valence-corrected chi connectivity index (χ2v) is 5.57. The zero-order valence-corrected chi connectivity index (χ0v) is 10.9. The average molecular weight is 245 g/mol. The van der Waals surface area contributed by atoms with Gasteiger partial charge in [0, 0.05) is 19.0 Å². The quantitative estimate of drug-likeness (QED) is 0.759. The monoisotopic (exact) mass is 245 g/mol. The van der Waals surface area contributed by atoms with Gasteiger partial charge >= 0.3 is 6.09 Å². The lowest BCUT2D eigenvalue weighted by Crippen LogP contribution is -2.40. The summed E-state index contributed by atoms with van der Waals surface area (Å²) in [6.45, 7) is 6.17. The van der Waals surface area contributed by atoms with E-state index in [1.165, 1.54) is 0 Å². The van der Waals surface area contributed by atoms with Crippen LogP contribution in [0.4, 0.5) is 4.79 Å². The first-order chi connectivity index (χ1) is 7.29. The summed E-state index contributed by atoms with van der Waals surface area (Å²) >= 11 is 3.75. The highest BCUT2D eigenvalue weighted by Crippen LogP contribution is 2.23. The molecule has 0 radical (unpaired) electrons. The fraction of sp³-hybridized carbons (Fsp3) is 0.818. The van der Waals surface area contributed by atoms with E-state index in [0.717, 1.165) is 12.8 Å². The van der Waals surface area contributed by atoms with Crippen molar-refractivity contribution in [3.05, 3.63) is 0 Å². The van der Waals surface area contributed by atoms with Gasteiger partial charge in [0.2, 0.25) is 0 Å². The Bertz CT molecular complexity index is 285. The van der Waals surface area contributed by atoms with Gasteiger partial charge in [-0.1, -0.05) is 0 Å². The van der Waals surface area contributed by atoms with Crippen LogP contribution in [0.25, 0.3) is 0 Å². The number of carbonyl (C=O) groups excluding carboxylic acids is 2. The molecular weight excluding hydrogens is 226 g/mol. The molecule has 16 heavy (non-hydrogen) atoms. The molecule has 4 nitrogen and oxygen atoms in total. The molecule has 1 atom stereocenters. The molecular formula is C11H19NO3S. The van der Waals surface area contributed by atoms with Crippen LogP contribution in [-0.4, -0.2) is 34.3 Å². The number of ether oxygens (including phenoxy) is 1. The molecule has 92 valence electrons. The maximum atomic E-state index is 11.8. The maximum absolute atomic E-state index is 11.8. The zero-order valence-electron chi connectivity index (χ0n) is 10.0. The van der Waals surface area contributed by atoms with Crippen molar-refractivity contribution in [3.8, 4) is 0 Å². The van der Waals surface area contributed by atoms with Gasteiger partial charge in [-0.25, -0.2) is 4.79 Å². The van der Waals surface area contributed by atoms with Crippen LogP contribution in [0.1, 0.15) is 40.0 Å². The number of carbonyl (C=O) groups is 2. The lowest BCUT2D eigenvalue weighted by atomic mass is 10.1. The molecule has 0 saturated carbocycles. The van der Waals surface area contributed by atoms with E-state index in [4.69, 9.17) is 4.74 Å². The van der Waals surface area contributed by atoms with Crippen molar-refractivity contribution in [3.63, 3.8) is 0 Å². The Morgan fingerprint density at radius 3 is 2.56 bits per heavy atom. The van der Waals surface area contributed by atoms with Gasteiger partial charge in [0.15, 0.2) is 5.12 Å². The molecule has 1 saturated heterocycles. The second-order valence-electron chi connectivity index (χ2n) is 5.07. The molecule has 0 aliphatic carbocycles. The number of hydrogen-bond donors (Lipinski definition) is 1. The third kappa shape index (κ3) is 4.04. The molecule has 5 heteroatoms. The van der Waals surface area contributed by atoms with Crippen LogP contribution in [0.15, 0.2) is 0 Å². The Morgan fingerprint density at radius 1 is 1.44 bits per heavy atom. The Hall–Kier alpha value is -0.710. The van der Waals surface area contributed by atoms with Gasteiger partial charge in [0.25, 0.3) is 0 Å². The number of nitrogens with zero attached hydrogens (tertiary/aromatic N) is 1. The smallest absolute Gasteiger partial charge is 0.410 e. The van der Waals surface area contributed by atoms with Crippen LogP contribution in [0.5, 0.6) is 0 Å². The third-order valence-electron chi connectivity index (χ3n) is 2.42. The van der Waals surface area contributed by atoms with E-state index in [0.29, 0.717) is 13.0 Å². The number of likely N-dealkylation sites (tertiary alicyclic amines) is 1. The molecule has 1 unspecified atom stereocenters. The molecule has 1 amide bonds. The minimum absolute atomic E-state index is 0.0418. The van der Waals surface area contributed by atoms with Gasteiger partial charge in [-0.3, -0.25) is 4.79 Å². The second kappa shape index (κ2) is 5.08. The van der Waals surface area contributed by atoms with Crippen molar-refractivity contribution in [2.45, 2.75) is 51.7 Å². The first kappa shape index (κ1) is 13.4. The first-order valence-corrected chi connectivity index (χ1v) is 5.96. The maximum Gasteiger partial charge on any atom is 0.410 e. The largest absolute Gasteiger partial charge is 0.444 e. The molecule has 0 spiro atoms. The molecule has 0 aromatic heterocycles. The predicted molar refractivity (Wildman–Crippen MR) is 64.6 cm³/mol. The van der Waals surface area contributed by atoms with Gasteiger partial charge in [0.05, 0.1) is 0 Å². The molecule has 1 fully saturated rings. The summed E-state index contributed by atoms with van der Waals surface area (Å²) in [6.07, 6.45) is 1.75. The van der Waals surface area contributed by atoms with Crippen molar-refractivity contribution in [1.29, 1.82) is 0 Å². The van der Waals surface area contributed by atoms with Crippen LogP contribution in [0.3, 0.4) is 0 Å². The summed E-state index contributed by atoms with van der Waals surface area (Å²) in [5.74, 6) is 0. The number of hydrogen-bond acceptors (Lipinski definition) is 3. The van der Waals surface area contributed by atoms with E-state index < -0.39 is 5.60 Å². The lowest BCUT2D eigenvalue weighted by Gasteiger charge is -2.28. The number of rotatable bonds is 2. The summed E-state index contributed by atoms with van der Waals surface area (Å²) in [5.41, 5.74) is -0.491. The van der Waals surface area contributed by atoms with Gasteiger partial charge in [0.1, 0.15) is 5.60 Å². The Morgan fingerprint density at radius 2 is 2.06 bits per heavy atom. The fourth-order valence-electron chi connectivity index (χ4n) is 1.81. The Labute approximate surface area is 102 Å². The summed E-state index contributed by atoms with van der Waals surface area (Å²) < 4.78 is 5.28. The third-order valence-corrected chi connectivity index (χ3v) is 2.60. The molecule has 1 aliphatic rings. The van der Waals surface area contributed by atoms with Gasteiger partial charge in [-0.05, 0) is 33.6 Å². The van der Waals surface area contributed by atoms with Crippen LogP contribution < -0.4 is 0 Å². The highest BCUT2D eigenvalue weighted by atomic mass is 32.1. The normalized spacial score (nSPS) is 21.0. The zero-order chi connectivity index (χ0) is 12.3. The van der Waals surface area contributed by atoms with E-state index in [9.17, 15) is 9.59 Å². The standard InChI is InChI=1S/C11H19NO3S/c1-11(2,3)15-10(14)12-6-4-5-8(12)7-9(13)16/h8H,4-7H2,1-3H3,(H,13,16). The van der Waals surface area contributed by atoms with Gasteiger partial charge in [-0.15, -0.1) is 12.6 Å². The Balaban J connectivity index is 2.57. The lowest BCUT2D eigenvalue weighted by molar-refractivity contribution is -0.111. The molecule has 0 N–H and O–H groups in total. The van der Waals surface area contributed by atoms with E-state index in [1.54, 1.807) is 4.90 Å². The van der Waals surface area contributed by atoms with Crippen LogP contribution >= 0.6 is 12.6 Å². The van der Waals surface area contributed by atoms with Crippen LogP contribution in [-0.2, 0) is 9.53 Å².